The Hall–Kier alpha value is -0.940. The second-order valence-electron chi connectivity index (χ2n) is 6.37. The van der Waals surface area contributed by atoms with Gasteiger partial charge in [-0.3, -0.25) is 4.90 Å². The van der Waals surface area contributed by atoms with Gasteiger partial charge in [0.25, 0.3) is 0 Å². The van der Waals surface area contributed by atoms with E-state index in [-0.39, 0.29) is 0 Å². The molecule has 1 N–H and O–H groups in total. The predicted octanol–water partition coefficient (Wildman–Crippen LogP) is 0.872. The molecule has 2 fully saturated rings. The number of rotatable bonds is 6. The Bertz CT molecular complexity index is 423. The lowest BCUT2D eigenvalue weighted by Gasteiger charge is -2.28. The number of hydrogen-bond donors (Lipinski definition) is 1. The molecule has 1 aliphatic heterocycles. The first-order chi connectivity index (χ1) is 9.40. The second kappa shape index (κ2) is 4.87. The maximum absolute atomic E-state index is 4.18. The van der Waals surface area contributed by atoms with Crippen LogP contribution in [0.1, 0.15) is 31.5 Å². The van der Waals surface area contributed by atoms with Crippen molar-refractivity contribution in [3.8, 4) is 0 Å². The minimum absolute atomic E-state index is 0.827. The van der Waals surface area contributed by atoms with Crippen molar-refractivity contribution in [2.75, 3.05) is 19.6 Å². The van der Waals surface area contributed by atoms with Crippen LogP contribution in [0.3, 0.4) is 0 Å². The van der Waals surface area contributed by atoms with Gasteiger partial charge in [0.15, 0.2) is 0 Å². The van der Waals surface area contributed by atoms with Gasteiger partial charge in [-0.05, 0) is 37.5 Å². The van der Waals surface area contributed by atoms with E-state index in [9.17, 15) is 0 Å². The van der Waals surface area contributed by atoms with Gasteiger partial charge in [-0.25, -0.2) is 0 Å². The number of nitrogens with one attached hydrogen (secondary N) is 1. The maximum Gasteiger partial charge on any atom is 0.147 e. The van der Waals surface area contributed by atoms with Gasteiger partial charge in [0.05, 0.1) is 6.54 Å². The molecule has 3 aliphatic rings. The number of fused-ring (bicyclic) bond motifs is 1. The van der Waals surface area contributed by atoms with Gasteiger partial charge in [0, 0.05) is 32.2 Å². The molecule has 2 aliphatic carbocycles. The molecule has 104 valence electrons. The SMILES string of the molecule is c1nnc2n1CCN(CCNC(C1CC1)C1CC1)C2. The molecule has 0 saturated heterocycles. The minimum atomic E-state index is 0.827. The molecule has 0 aromatic carbocycles. The summed E-state index contributed by atoms with van der Waals surface area (Å²) in [7, 11) is 0. The molecule has 1 aromatic rings. The van der Waals surface area contributed by atoms with Crippen molar-refractivity contribution in [1.29, 1.82) is 0 Å². The Kier molecular flexibility index (Phi) is 3.04. The van der Waals surface area contributed by atoms with Crippen molar-refractivity contribution >= 4 is 0 Å². The molecular weight excluding hydrogens is 238 g/mol. The molecule has 2 saturated carbocycles. The van der Waals surface area contributed by atoms with Gasteiger partial charge in [0.1, 0.15) is 12.2 Å². The normalized spacial score (nSPS) is 23.8. The highest BCUT2D eigenvalue weighted by Gasteiger charge is 2.40. The van der Waals surface area contributed by atoms with Crippen molar-refractivity contribution < 1.29 is 0 Å². The zero-order valence-electron chi connectivity index (χ0n) is 11.5. The van der Waals surface area contributed by atoms with Gasteiger partial charge >= 0.3 is 0 Å². The van der Waals surface area contributed by atoms with Gasteiger partial charge in [0.2, 0.25) is 0 Å². The van der Waals surface area contributed by atoms with E-state index in [0.29, 0.717) is 0 Å². The molecule has 1 aromatic heterocycles. The summed E-state index contributed by atoms with van der Waals surface area (Å²) in [5.74, 6) is 3.11. The molecule has 4 rings (SSSR count). The number of aromatic nitrogens is 3. The zero-order valence-corrected chi connectivity index (χ0v) is 11.5. The molecule has 0 bridgehead atoms. The highest BCUT2D eigenvalue weighted by atomic mass is 15.3. The molecule has 19 heavy (non-hydrogen) atoms. The van der Waals surface area contributed by atoms with Crippen molar-refractivity contribution in [3.05, 3.63) is 12.2 Å². The smallest absolute Gasteiger partial charge is 0.147 e. The van der Waals surface area contributed by atoms with Gasteiger partial charge in [-0.15, -0.1) is 10.2 Å². The van der Waals surface area contributed by atoms with E-state index < -0.39 is 0 Å². The summed E-state index contributed by atoms with van der Waals surface area (Å²) in [4.78, 5) is 2.49. The fourth-order valence-electron chi connectivity index (χ4n) is 3.33. The summed E-state index contributed by atoms with van der Waals surface area (Å²) >= 11 is 0. The van der Waals surface area contributed by atoms with Crippen molar-refractivity contribution in [2.24, 2.45) is 11.8 Å². The van der Waals surface area contributed by atoms with Crippen molar-refractivity contribution in [2.45, 2.75) is 44.8 Å². The van der Waals surface area contributed by atoms with Gasteiger partial charge in [-0.1, -0.05) is 0 Å². The van der Waals surface area contributed by atoms with Crippen LogP contribution in [0.25, 0.3) is 0 Å². The maximum atomic E-state index is 4.18. The van der Waals surface area contributed by atoms with Crippen LogP contribution in [0.5, 0.6) is 0 Å². The molecule has 5 nitrogen and oxygen atoms in total. The Labute approximate surface area is 114 Å². The fraction of sp³-hybridized carbons (Fsp3) is 0.857. The lowest BCUT2D eigenvalue weighted by Crippen LogP contribution is -2.42. The zero-order chi connectivity index (χ0) is 12.7. The number of nitrogens with zero attached hydrogens (tertiary/aromatic N) is 4. The third kappa shape index (κ3) is 2.67. The summed E-state index contributed by atoms with van der Waals surface area (Å²) in [5, 5.41) is 12.0. The summed E-state index contributed by atoms with van der Waals surface area (Å²) in [6.45, 7) is 5.40. The fourth-order valence-corrected chi connectivity index (χ4v) is 3.33. The molecule has 2 heterocycles. The summed E-state index contributed by atoms with van der Waals surface area (Å²) in [5.41, 5.74) is 0. The Morgan fingerprint density at radius 2 is 2.00 bits per heavy atom. The summed E-state index contributed by atoms with van der Waals surface area (Å²) in [6, 6.07) is 0.827. The van der Waals surface area contributed by atoms with Crippen molar-refractivity contribution in [1.82, 2.24) is 25.0 Å². The van der Waals surface area contributed by atoms with E-state index in [4.69, 9.17) is 0 Å². The summed E-state index contributed by atoms with van der Waals surface area (Å²) in [6.07, 6.45) is 7.69. The molecule has 5 heteroatoms. The molecule has 0 atom stereocenters. The first kappa shape index (κ1) is 11.9. The Morgan fingerprint density at radius 1 is 1.21 bits per heavy atom. The van der Waals surface area contributed by atoms with Crippen LogP contribution < -0.4 is 5.32 Å². The Morgan fingerprint density at radius 3 is 2.74 bits per heavy atom. The molecule has 0 amide bonds. The van der Waals surface area contributed by atoms with E-state index in [2.05, 4.69) is 25.0 Å². The van der Waals surface area contributed by atoms with E-state index in [1.165, 1.54) is 25.7 Å². The average molecular weight is 261 g/mol. The van der Waals surface area contributed by atoms with Crippen molar-refractivity contribution in [3.63, 3.8) is 0 Å². The van der Waals surface area contributed by atoms with E-state index >= 15 is 0 Å². The lowest BCUT2D eigenvalue weighted by molar-refractivity contribution is 0.212. The highest BCUT2D eigenvalue weighted by Crippen LogP contribution is 2.44. The van der Waals surface area contributed by atoms with Crippen LogP contribution in [0.4, 0.5) is 0 Å². The molecule has 0 radical (unpaired) electrons. The van der Waals surface area contributed by atoms with Crippen LogP contribution >= 0.6 is 0 Å². The quantitative estimate of drug-likeness (QED) is 0.825. The van der Waals surface area contributed by atoms with Crippen LogP contribution in [-0.2, 0) is 13.1 Å². The van der Waals surface area contributed by atoms with Crippen LogP contribution in [0.15, 0.2) is 6.33 Å². The van der Waals surface area contributed by atoms with E-state index in [0.717, 1.165) is 56.4 Å². The Balaban J connectivity index is 1.24. The predicted molar refractivity (Wildman–Crippen MR) is 72.5 cm³/mol. The van der Waals surface area contributed by atoms with E-state index in [1.54, 1.807) is 0 Å². The monoisotopic (exact) mass is 261 g/mol. The van der Waals surface area contributed by atoms with E-state index in [1.807, 2.05) is 6.33 Å². The second-order valence-corrected chi connectivity index (χ2v) is 6.37. The molecule has 0 unspecified atom stereocenters. The lowest BCUT2D eigenvalue weighted by atomic mass is 10.1. The molecule has 0 spiro atoms. The average Bonchev–Trinajstić information content (AvgIpc) is 3.33. The largest absolute Gasteiger partial charge is 0.315 e. The van der Waals surface area contributed by atoms with Crippen LogP contribution in [-0.4, -0.2) is 45.3 Å². The van der Waals surface area contributed by atoms with Crippen LogP contribution in [0.2, 0.25) is 0 Å². The third-order valence-electron chi connectivity index (χ3n) is 4.79. The number of hydrogen-bond acceptors (Lipinski definition) is 4. The van der Waals surface area contributed by atoms with Gasteiger partial charge in [-0.2, -0.15) is 0 Å². The topological polar surface area (TPSA) is 46.0 Å². The minimum Gasteiger partial charge on any atom is -0.315 e. The van der Waals surface area contributed by atoms with Gasteiger partial charge < -0.3 is 9.88 Å². The first-order valence-electron chi connectivity index (χ1n) is 7.72. The first-order valence-corrected chi connectivity index (χ1v) is 7.72. The highest BCUT2D eigenvalue weighted by molar-refractivity contribution is 4.96. The summed E-state index contributed by atoms with van der Waals surface area (Å²) < 4.78 is 2.17. The molecular formula is C14H23N5. The third-order valence-corrected chi connectivity index (χ3v) is 4.79. The standard InChI is InChI=1S/C14H23N5/c1-2-11(1)14(12-3-4-12)15-5-6-18-7-8-19-10-16-17-13(19)9-18/h10-12,14-15H,1-9H2. The van der Waals surface area contributed by atoms with Crippen LogP contribution in [0, 0.1) is 11.8 Å².